The highest BCUT2D eigenvalue weighted by atomic mass is 16.2. The van der Waals surface area contributed by atoms with Crippen LogP contribution in [0.2, 0.25) is 0 Å². The molecular weight excluding hydrogens is 308 g/mol. The van der Waals surface area contributed by atoms with E-state index in [1.54, 1.807) is 36.3 Å². The summed E-state index contributed by atoms with van der Waals surface area (Å²) >= 11 is 0. The number of fused-ring (bicyclic) bond motifs is 1. The number of hydrogen-bond donors (Lipinski definition) is 1. The molecule has 126 valence electrons. The van der Waals surface area contributed by atoms with Gasteiger partial charge in [0.25, 0.3) is 0 Å². The lowest BCUT2D eigenvalue weighted by molar-refractivity contribution is -0.116. The van der Waals surface area contributed by atoms with Gasteiger partial charge in [0.15, 0.2) is 5.65 Å². The number of aromatic nitrogens is 5. The first-order chi connectivity index (χ1) is 11.5. The number of hydrogen-bond acceptors (Lipinski definition) is 4. The van der Waals surface area contributed by atoms with Gasteiger partial charge in [0.2, 0.25) is 5.91 Å². The van der Waals surface area contributed by atoms with Gasteiger partial charge in [0, 0.05) is 25.4 Å². The number of aryl methyl sites for hydroxylation is 3. The highest BCUT2D eigenvalue weighted by molar-refractivity contribution is 5.91. The van der Waals surface area contributed by atoms with Crippen LogP contribution in [0.5, 0.6) is 0 Å². The van der Waals surface area contributed by atoms with Gasteiger partial charge in [-0.25, -0.2) is 14.5 Å². The zero-order chi connectivity index (χ0) is 17.3. The zero-order valence-electron chi connectivity index (χ0n) is 14.0. The van der Waals surface area contributed by atoms with E-state index < -0.39 is 0 Å². The third-order valence-electron chi connectivity index (χ3n) is 3.91. The Morgan fingerprint density at radius 2 is 2.17 bits per heavy atom. The quantitative estimate of drug-likeness (QED) is 0.764. The van der Waals surface area contributed by atoms with Gasteiger partial charge < -0.3 is 5.32 Å². The number of carbonyl (C=O) groups is 1. The van der Waals surface area contributed by atoms with E-state index in [0.717, 1.165) is 18.5 Å². The molecule has 8 nitrogen and oxygen atoms in total. The number of nitrogens with zero attached hydrogens (tertiary/aromatic N) is 5. The number of nitrogens with one attached hydrogen (secondary N) is 1. The number of carbonyl (C=O) groups excluding carboxylic acids is 1. The van der Waals surface area contributed by atoms with Gasteiger partial charge in [-0.05, 0) is 25.5 Å². The molecule has 0 spiro atoms. The van der Waals surface area contributed by atoms with Crippen LogP contribution < -0.4 is 11.0 Å². The maximum atomic E-state index is 12.5. The number of amides is 1. The van der Waals surface area contributed by atoms with E-state index in [2.05, 4.69) is 15.4 Å². The second-order valence-corrected chi connectivity index (χ2v) is 5.72. The predicted molar refractivity (Wildman–Crippen MR) is 90.9 cm³/mol. The largest absolute Gasteiger partial charge is 0.330 e. The molecule has 0 fully saturated rings. The minimum Gasteiger partial charge on any atom is -0.309 e. The third kappa shape index (κ3) is 2.70. The van der Waals surface area contributed by atoms with Gasteiger partial charge in [-0.15, -0.1) is 0 Å². The highest BCUT2D eigenvalue weighted by Gasteiger charge is 2.16. The number of imidazole rings is 1. The van der Waals surface area contributed by atoms with Gasteiger partial charge in [0.05, 0.1) is 11.7 Å². The summed E-state index contributed by atoms with van der Waals surface area (Å²) in [5, 5.41) is 7.12. The van der Waals surface area contributed by atoms with Crippen molar-refractivity contribution in [1.82, 2.24) is 23.9 Å². The van der Waals surface area contributed by atoms with E-state index in [-0.39, 0.29) is 18.1 Å². The molecule has 24 heavy (non-hydrogen) atoms. The Morgan fingerprint density at radius 3 is 2.92 bits per heavy atom. The van der Waals surface area contributed by atoms with Crippen molar-refractivity contribution in [3.63, 3.8) is 0 Å². The molecule has 0 bridgehead atoms. The summed E-state index contributed by atoms with van der Waals surface area (Å²) in [6.07, 6.45) is 4.26. The summed E-state index contributed by atoms with van der Waals surface area (Å²) in [6.45, 7) is 4.59. The van der Waals surface area contributed by atoms with Crippen molar-refractivity contribution >= 4 is 22.9 Å². The molecule has 0 aliphatic rings. The lowest BCUT2D eigenvalue weighted by atomic mass is 10.3. The van der Waals surface area contributed by atoms with Crippen molar-refractivity contribution in [3.05, 3.63) is 40.6 Å². The highest BCUT2D eigenvalue weighted by Crippen LogP contribution is 2.15. The Morgan fingerprint density at radius 1 is 1.38 bits per heavy atom. The molecule has 0 unspecified atom stereocenters. The lowest BCUT2D eigenvalue weighted by Crippen LogP contribution is -2.29. The monoisotopic (exact) mass is 328 g/mol. The van der Waals surface area contributed by atoms with Gasteiger partial charge in [-0.2, -0.15) is 5.10 Å². The Kier molecular flexibility index (Phi) is 4.20. The molecule has 3 heterocycles. The van der Waals surface area contributed by atoms with Crippen LogP contribution in [-0.4, -0.2) is 29.8 Å². The Bertz CT molecular complexity index is 949. The first-order valence-corrected chi connectivity index (χ1v) is 7.85. The van der Waals surface area contributed by atoms with Crippen LogP contribution >= 0.6 is 0 Å². The number of anilines is 1. The molecule has 0 aromatic carbocycles. The van der Waals surface area contributed by atoms with Crippen molar-refractivity contribution in [2.75, 3.05) is 5.32 Å². The molecule has 3 rings (SSSR count). The standard InChI is InChI=1S/C16H20N6O2/c1-4-8-22-14(11(2)9-18-22)19-13(23)10-21-12-6-5-7-17-15(12)20(3)16(21)24/h5-7,9H,4,8,10H2,1-3H3,(H,19,23). The van der Waals surface area contributed by atoms with Crippen molar-refractivity contribution in [2.24, 2.45) is 7.05 Å². The molecule has 1 amide bonds. The van der Waals surface area contributed by atoms with E-state index in [0.29, 0.717) is 17.0 Å². The number of rotatable bonds is 5. The molecule has 1 N–H and O–H groups in total. The average Bonchev–Trinajstić information content (AvgIpc) is 3.02. The molecule has 8 heteroatoms. The summed E-state index contributed by atoms with van der Waals surface area (Å²) in [4.78, 5) is 29.0. The molecular formula is C16H20N6O2. The average molecular weight is 328 g/mol. The molecule has 3 aromatic heterocycles. The van der Waals surface area contributed by atoms with Crippen LogP contribution in [0.15, 0.2) is 29.3 Å². The molecule has 0 saturated heterocycles. The van der Waals surface area contributed by atoms with Crippen LogP contribution in [0.3, 0.4) is 0 Å². The van der Waals surface area contributed by atoms with Gasteiger partial charge >= 0.3 is 5.69 Å². The van der Waals surface area contributed by atoms with E-state index in [1.807, 2.05) is 13.8 Å². The van der Waals surface area contributed by atoms with E-state index >= 15 is 0 Å². The maximum Gasteiger partial charge on any atom is 0.330 e. The van der Waals surface area contributed by atoms with Crippen molar-refractivity contribution in [2.45, 2.75) is 33.4 Å². The van der Waals surface area contributed by atoms with Crippen LogP contribution in [0, 0.1) is 6.92 Å². The van der Waals surface area contributed by atoms with E-state index in [9.17, 15) is 9.59 Å². The number of pyridine rings is 1. The third-order valence-corrected chi connectivity index (χ3v) is 3.91. The summed E-state index contributed by atoms with van der Waals surface area (Å²) < 4.78 is 4.63. The first kappa shape index (κ1) is 16.0. The van der Waals surface area contributed by atoms with Gasteiger partial charge in [-0.3, -0.25) is 13.9 Å². The first-order valence-electron chi connectivity index (χ1n) is 7.85. The fraction of sp³-hybridized carbons (Fsp3) is 0.375. The van der Waals surface area contributed by atoms with Crippen LogP contribution in [0.4, 0.5) is 5.82 Å². The minimum absolute atomic E-state index is 0.0708. The fourth-order valence-corrected chi connectivity index (χ4v) is 2.72. The lowest BCUT2D eigenvalue weighted by Gasteiger charge is -2.10. The minimum atomic E-state index is -0.269. The second-order valence-electron chi connectivity index (χ2n) is 5.72. The zero-order valence-corrected chi connectivity index (χ0v) is 14.0. The summed E-state index contributed by atoms with van der Waals surface area (Å²) in [5.41, 5.74) is 1.82. The normalized spacial score (nSPS) is 11.1. The topological polar surface area (TPSA) is 86.7 Å². The van der Waals surface area contributed by atoms with Crippen molar-refractivity contribution in [3.8, 4) is 0 Å². The van der Waals surface area contributed by atoms with Gasteiger partial charge in [-0.1, -0.05) is 6.92 Å². The fourth-order valence-electron chi connectivity index (χ4n) is 2.72. The summed E-state index contributed by atoms with van der Waals surface area (Å²) in [5.74, 6) is 0.405. The van der Waals surface area contributed by atoms with E-state index in [4.69, 9.17) is 0 Å². The van der Waals surface area contributed by atoms with E-state index in [1.165, 1.54) is 9.13 Å². The Balaban J connectivity index is 1.88. The Hall–Kier alpha value is -2.90. The van der Waals surface area contributed by atoms with Crippen LogP contribution in [0.25, 0.3) is 11.2 Å². The molecule has 0 saturated carbocycles. The van der Waals surface area contributed by atoms with Crippen LogP contribution in [-0.2, 0) is 24.9 Å². The molecule has 0 atom stereocenters. The van der Waals surface area contributed by atoms with Crippen LogP contribution in [0.1, 0.15) is 18.9 Å². The predicted octanol–water partition coefficient (Wildman–Crippen LogP) is 1.29. The smallest absolute Gasteiger partial charge is 0.309 e. The maximum absolute atomic E-state index is 12.5. The second kappa shape index (κ2) is 6.31. The Labute approximate surface area is 138 Å². The summed E-state index contributed by atoms with van der Waals surface area (Å²) in [7, 11) is 1.65. The van der Waals surface area contributed by atoms with Gasteiger partial charge in [0.1, 0.15) is 12.4 Å². The SMILES string of the molecule is CCCn1ncc(C)c1NC(=O)Cn1c(=O)n(C)c2ncccc21. The molecule has 0 aliphatic heterocycles. The van der Waals surface area contributed by atoms with Crippen molar-refractivity contribution in [1.29, 1.82) is 0 Å². The van der Waals surface area contributed by atoms with Crippen molar-refractivity contribution < 1.29 is 4.79 Å². The molecule has 3 aromatic rings. The molecule has 0 aliphatic carbocycles. The summed E-state index contributed by atoms with van der Waals surface area (Å²) in [6, 6.07) is 3.53. The molecule has 0 radical (unpaired) electrons.